The Bertz CT molecular complexity index is 803. The molecule has 1 fully saturated rings. The van der Waals surface area contributed by atoms with Gasteiger partial charge in [-0.2, -0.15) is 5.10 Å². The first-order valence-electron chi connectivity index (χ1n) is 7.88. The quantitative estimate of drug-likeness (QED) is 0.921. The molecule has 0 saturated heterocycles. The number of nitrogens with one attached hydrogen (secondary N) is 1. The van der Waals surface area contributed by atoms with E-state index < -0.39 is 0 Å². The van der Waals surface area contributed by atoms with Gasteiger partial charge in [0.05, 0.1) is 18.1 Å². The third-order valence-corrected chi connectivity index (χ3v) is 4.33. The Morgan fingerprint density at radius 1 is 1.13 bits per heavy atom. The maximum Gasteiger partial charge on any atom is 0.267 e. The molecule has 1 aliphatic rings. The molecule has 1 saturated carbocycles. The molecule has 0 spiro atoms. The number of rotatable bonds is 3. The molecule has 1 aliphatic carbocycles. The van der Waals surface area contributed by atoms with Gasteiger partial charge in [0.25, 0.3) is 11.1 Å². The summed E-state index contributed by atoms with van der Waals surface area (Å²) in [4.78, 5) is 27.8. The van der Waals surface area contributed by atoms with Crippen LogP contribution < -0.4 is 16.4 Å². The van der Waals surface area contributed by atoms with E-state index in [1.807, 2.05) is 6.92 Å². The van der Waals surface area contributed by atoms with E-state index in [1.54, 1.807) is 23.9 Å². The van der Waals surface area contributed by atoms with Gasteiger partial charge in [-0.1, -0.05) is 0 Å². The van der Waals surface area contributed by atoms with Gasteiger partial charge in [0.1, 0.15) is 5.82 Å². The van der Waals surface area contributed by atoms with Crippen molar-refractivity contribution in [3.63, 3.8) is 0 Å². The summed E-state index contributed by atoms with van der Waals surface area (Å²) < 4.78 is 3.06. The molecule has 0 atom stereocenters. The number of anilines is 1. The number of nitrogens with zero attached hydrogens (tertiary/aromatic N) is 4. The summed E-state index contributed by atoms with van der Waals surface area (Å²) >= 11 is 0. The molecule has 3 rings (SSSR count). The van der Waals surface area contributed by atoms with Crippen LogP contribution >= 0.6 is 0 Å². The van der Waals surface area contributed by atoms with E-state index in [-0.39, 0.29) is 23.2 Å². The number of hydrogen-bond acceptors (Lipinski definition) is 5. The number of hydrogen-bond donors (Lipinski definition) is 1. The maximum absolute atomic E-state index is 12.0. The highest BCUT2D eigenvalue weighted by Gasteiger charge is 2.24. The lowest BCUT2D eigenvalue weighted by Crippen LogP contribution is -2.33. The van der Waals surface area contributed by atoms with Crippen LogP contribution in [0.1, 0.15) is 37.4 Å². The van der Waals surface area contributed by atoms with Gasteiger partial charge in [0.2, 0.25) is 0 Å². The Kier molecular flexibility index (Phi) is 4.27. The molecule has 2 aromatic heterocycles. The SMILES string of the molecule is Cc1ccc(=O)n(C2CCC(Nc3cc(=O)n(C)cn3)CC2)n1. The Balaban J connectivity index is 1.64. The highest BCUT2D eigenvalue weighted by molar-refractivity contribution is 5.33. The molecule has 0 unspecified atom stereocenters. The van der Waals surface area contributed by atoms with Gasteiger partial charge in [0.15, 0.2) is 0 Å². The molecule has 2 heterocycles. The second-order valence-electron chi connectivity index (χ2n) is 6.13. The Morgan fingerprint density at radius 3 is 2.57 bits per heavy atom. The van der Waals surface area contributed by atoms with E-state index in [0.29, 0.717) is 5.82 Å². The van der Waals surface area contributed by atoms with Crippen molar-refractivity contribution in [1.82, 2.24) is 19.3 Å². The average Bonchev–Trinajstić information content (AvgIpc) is 2.54. The molecule has 0 aromatic carbocycles. The van der Waals surface area contributed by atoms with Crippen LogP contribution in [0.25, 0.3) is 0 Å². The van der Waals surface area contributed by atoms with Crippen molar-refractivity contribution in [2.75, 3.05) is 5.32 Å². The minimum atomic E-state index is -0.0771. The number of aryl methyl sites for hydroxylation is 2. The smallest absolute Gasteiger partial charge is 0.267 e. The lowest BCUT2D eigenvalue weighted by Gasteiger charge is -2.29. The summed E-state index contributed by atoms with van der Waals surface area (Å²) in [5, 5.41) is 7.67. The van der Waals surface area contributed by atoms with Crippen molar-refractivity contribution in [3.05, 3.63) is 50.9 Å². The fraction of sp³-hybridized carbons (Fsp3) is 0.500. The summed E-state index contributed by atoms with van der Waals surface area (Å²) in [5.74, 6) is 0.613. The van der Waals surface area contributed by atoms with Gasteiger partial charge in [-0.3, -0.25) is 9.59 Å². The summed E-state index contributed by atoms with van der Waals surface area (Å²) in [7, 11) is 1.68. The van der Waals surface area contributed by atoms with E-state index in [4.69, 9.17) is 0 Å². The zero-order valence-corrected chi connectivity index (χ0v) is 13.4. The minimum Gasteiger partial charge on any atom is -0.367 e. The first kappa shape index (κ1) is 15.5. The van der Waals surface area contributed by atoms with Gasteiger partial charge in [0, 0.05) is 25.2 Å². The Labute approximate surface area is 134 Å². The first-order valence-corrected chi connectivity index (χ1v) is 7.88. The Morgan fingerprint density at radius 2 is 1.87 bits per heavy atom. The Hall–Kier alpha value is -2.44. The molecule has 0 amide bonds. The van der Waals surface area contributed by atoms with Gasteiger partial charge in [-0.05, 0) is 38.7 Å². The van der Waals surface area contributed by atoms with Crippen LogP contribution in [0.2, 0.25) is 0 Å². The second-order valence-corrected chi connectivity index (χ2v) is 6.13. The fourth-order valence-electron chi connectivity index (χ4n) is 3.00. The summed E-state index contributed by atoms with van der Waals surface area (Å²) in [6.45, 7) is 1.89. The molecule has 7 nitrogen and oxygen atoms in total. The van der Waals surface area contributed by atoms with Crippen LogP contribution in [0.4, 0.5) is 5.82 Å². The van der Waals surface area contributed by atoms with Crippen LogP contribution in [-0.2, 0) is 7.05 Å². The highest BCUT2D eigenvalue weighted by Crippen LogP contribution is 2.28. The zero-order chi connectivity index (χ0) is 16.4. The summed E-state index contributed by atoms with van der Waals surface area (Å²) in [6.07, 6.45) is 5.14. The molecule has 2 aromatic rings. The van der Waals surface area contributed by atoms with E-state index in [9.17, 15) is 9.59 Å². The molecular weight excluding hydrogens is 294 g/mol. The lowest BCUT2D eigenvalue weighted by atomic mass is 9.91. The molecule has 1 N–H and O–H groups in total. The molecule has 7 heteroatoms. The van der Waals surface area contributed by atoms with Crippen LogP contribution in [0, 0.1) is 6.92 Å². The lowest BCUT2D eigenvalue weighted by molar-refractivity contribution is 0.302. The standard InChI is InChI=1S/C16H21N5O2/c1-11-3-8-15(22)21(19-11)13-6-4-12(5-7-13)18-14-9-16(23)20(2)10-17-14/h3,8-10,12-13,18H,4-7H2,1-2H3. The third kappa shape index (κ3) is 3.49. The molecule has 0 radical (unpaired) electrons. The number of aromatic nitrogens is 4. The van der Waals surface area contributed by atoms with Crippen LogP contribution in [0.5, 0.6) is 0 Å². The zero-order valence-electron chi connectivity index (χ0n) is 13.4. The van der Waals surface area contributed by atoms with Gasteiger partial charge in [-0.25, -0.2) is 9.67 Å². The topological polar surface area (TPSA) is 81.8 Å². The second kappa shape index (κ2) is 6.36. The first-order chi connectivity index (χ1) is 11.0. The van der Waals surface area contributed by atoms with Gasteiger partial charge in [-0.15, -0.1) is 0 Å². The van der Waals surface area contributed by atoms with Crippen LogP contribution in [0.3, 0.4) is 0 Å². The van der Waals surface area contributed by atoms with Crippen molar-refractivity contribution < 1.29 is 0 Å². The molecule has 0 aliphatic heterocycles. The van der Waals surface area contributed by atoms with E-state index in [0.717, 1.165) is 31.4 Å². The predicted molar refractivity (Wildman–Crippen MR) is 87.6 cm³/mol. The van der Waals surface area contributed by atoms with E-state index >= 15 is 0 Å². The minimum absolute atomic E-state index is 0.0415. The summed E-state index contributed by atoms with van der Waals surface area (Å²) in [6, 6.07) is 5.26. The molecular formula is C16H21N5O2. The predicted octanol–water partition coefficient (Wildman–Crippen LogP) is 1.24. The van der Waals surface area contributed by atoms with E-state index in [2.05, 4.69) is 15.4 Å². The van der Waals surface area contributed by atoms with Crippen molar-refractivity contribution in [2.24, 2.45) is 7.05 Å². The average molecular weight is 315 g/mol. The largest absolute Gasteiger partial charge is 0.367 e. The van der Waals surface area contributed by atoms with Crippen molar-refractivity contribution in [3.8, 4) is 0 Å². The van der Waals surface area contributed by atoms with Gasteiger partial charge >= 0.3 is 0 Å². The summed E-state index contributed by atoms with van der Waals surface area (Å²) in [5.41, 5.74) is 0.737. The van der Waals surface area contributed by atoms with Crippen LogP contribution in [0.15, 0.2) is 34.1 Å². The maximum atomic E-state index is 12.0. The van der Waals surface area contributed by atoms with E-state index in [1.165, 1.54) is 17.0 Å². The van der Waals surface area contributed by atoms with Crippen molar-refractivity contribution >= 4 is 5.82 Å². The monoisotopic (exact) mass is 315 g/mol. The van der Waals surface area contributed by atoms with Crippen LogP contribution in [-0.4, -0.2) is 25.4 Å². The normalized spacial score (nSPS) is 21.1. The third-order valence-electron chi connectivity index (χ3n) is 4.33. The fourth-order valence-corrected chi connectivity index (χ4v) is 3.00. The highest BCUT2D eigenvalue weighted by atomic mass is 16.1. The molecule has 23 heavy (non-hydrogen) atoms. The molecule has 122 valence electrons. The van der Waals surface area contributed by atoms with Gasteiger partial charge < -0.3 is 9.88 Å². The van der Waals surface area contributed by atoms with Crippen molar-refractivity contribution in [1.29, 1.82) is 0 Å². The van der Waals surface area contributed by atoms with Crippen molar-refractivity contribution in [2.45, 2.75) is 44.7 Å². The molecule has 0 bridgehead atoms.